The van der Waals surface area contributed by atoms with E-state index in [1.54, 1.807) is 48.5 Å². The number of nitrogens with one attached hydrogen (secondary N) is 1. The van der Waals surface area contributed by atoms with Gasteiger partial charge in [0.15, 0.2) is 0 Å². The number of benzene rings is 3. The third kappa shape index (κ3) is 4.16. The molecule has 0 unspecified atom stereocenters. The first-order chi connectivity index (χ1) is 17.3. The van der Waals surface area contributed by atoms with Crippen molar-refractivity contribution in [3.8, 4) is 0 Å². The Kier molecular flexibility index (Phi) is 6.31. The molecule has 2 N–H and O–H groups in total. The van der Waals surface area contributed by atoms with Crippen molar-refractivity contribution in [2.45, 2.75) is 33.9 Å². The topological polar surface area (TPSA) is 136 Å². The van der Waals surface area contributed by atoms with Crippen molar-refractivity contribution in [2.75, 3.05) is 5.32 Å². The lowest BCUT2D eigenvalue weighted by molar-refractivity contribution is -0.387. The quantitative estimate of drug-likeness (QED) is 0.219. The summed E-state index contributed by atoms with van der Waals surface area (Å²) in [5.41, 5.74) is 2.03. The van der Waals surface area contributed by atoms with Crippen LogP contribution in [0.3, 0.4) is 0 Å². The molecule has 5 atom stereocenters. The van der Waals surface area contributed by atoms with Crippen LogP contribution in [0.5, 0.6) is 0 Å². The number of hydrogen-bond donors (Lipinski definition) is 2. The van der Waals surface area contributed by atoms with Crippen molar-refractivity contribution in [3.05, 3.63) is 104 Å². The summed E-state index contributed by atoms with van der Waals surface area (Å²) >= 11 is 8.37. The highest BCUT2D eigenvalue weighted by molar-refractivity contribution is 8.00. The van der Waals surface area contributed by atoms with E-state index in [1.165, 1.54) is 30.0 Å². The maximum Gasteiger partial charge on any atom is 0.335 e. The Hall–Kier alpha value is -3.63. The van der Waals surface area contributed by atoms with E-state index in [9.17, 15) is 30.1 Å². The predicted molar refractivity (Wildman–Crippen MR) is 136 cm³/mol. The summed E-state index contributed by atoms with van der Waals surface area (Å²) in [6.45, 7) is 0. The summed E-state index contributed by atoms with van der Waals surface area (Å²) in [4.78, 5) is 34.7. The fraction of sp³-hybridized carbons (Fsp3) is 0.240. The van der Waals surface area contributed by atoms with E-state index in [2.05, 4.69) is 5.32 Å². The first-order valence-electron chi connectivity index (χ1n) is 11.2. The highest BCUT2D eigenvalue weighted by atomic mass is 35.5. The van der Waals surface area contributed by atoms with Gasteiger partial charge in [0.05, 0.1) is 37.3 Å². The number of aromatic carboxylic acids is 1. The van der Waals surface area contributed by atoms with Gasteiger partial charge in [-0.2, -0.15) is 0 Å². The van der Waals surface area contributed by atoms with Crippen LogP contribution in [0.15, 0.2) is 71.6 Å². The van der Waals surface area contributed by atoms with Gasteiger partial charge in [-0.1, -0.05) is 30.3 Å². The minimum absolute atomic E-state index is 0.0109. The molecule has 184 valence electrons. The molecule has 9 nitrogen and oxygen atoms in total. The number of para-hydroxylation sites is 2. The van der Waals surface area contributed by atoms with E-state index in [0.29, 0.717) is 22.6 Å². The predicted octanol–water partition coefficient (Wildman–Crippen LogP) is 6.24. The van der Waals surface area contributed by atoms with Gasteiger partial charge in [0.1, 0.15) is 0 Å². The van der Waals surface area contributed by atoms with Gasteiger partial charge in [0, 0.05) is 29.0 Å². The Labute approximate surface area is 214 Å². The Balaban J connectivity index is 1.60. The summed E-state index contributed by atoms with van der Waals surface area (Å²) in [5.74, 6) is -1.58. The number of anilines is 1. The number of fused-ring (bicyclic) bond motifs is 3. The number of nitro benzene ring substituents is 2. The van der Waals surface area contributed by atoms with Gasteiger partial charge in [0.25, 0.3) is 11.4 Å². The summed E-state index contributed by atoms with van der Waals surface area (Å²) in [6, 6.07) is 17.3. The van der Waals surface area contributed by atoms with E-state index in [1.807, 2.05) is 0 Å². The molecule has 36 heavy (non-hydrogen) atoms. The fourth-order valence-electron chi connectivity index (χ4n) is 5.34. The zero-order chi connectivity index (χ0) is 25.6. The summed E-state index contributed by atoms with van der Waals surface area (Å²) in [6.07, 6.45) is 0.524. The Morgan fingerprint density at radius 1 is 0.972 bits per heavy atom. The molecular formula is C25H20ClN3O6S. The SMILES string of the molecule is O=C(O)c1ccc2c(c1)[C@H]1[C@@H](Cl)[C@@H](Sc3ccccc3[N+](=O)[O-])C[C@@H]1[C@H](c1ccccc1[N+](=O)[O-])N2. The van der Waals surface area contributed by atoms with Crippen molar-refractivity contribution in [3.63, 3.8) is 0 Å². The average molecular weight is 526 g/mol. The number of nitrogens with zero attached hydrogens (tertiary/aromatic N) is 2. The smallest absolute Gasteiger partial charge is 0.335 e. The molecule has 0 radical (unpaired) electrons. The van der Waals surface area contributed by atoms with Crippen LogP contribution >= 0.6 is 23.4 Å². The minimum Gasteiger partial charge on any atom is -0.478 e. The lowest BCUT2D eigenvalue weighted by atomic mass is 9.76. The van der Waals surface area contributed by atoms with Gasteiger partial charge in [-0.05, 0) is 42.2 Å². The zero-order valence-corrected chi connectivity index (χ0v) is 20.2. The van der Waals surface area contributed by atoms with Crippen molar-refractivity contribution in [2.24, 2.45) is 5.92 Å². The zero-order valence-electron chi connectivity index (χ0n) is 18.6. The number of carbonyl (C=O) groups is 1. The van der Waals surface area contributed by atoms with E-state index < -0.39 is 27.2 Å². The van der Waals surface area contributed by atoms with Crippen LogP contribution in [0.4, 0.5) is 17.1 Å². The largest absolute Gasteiger partial charge is 0.478 e. The molecule has 0 aromatic heterocycles. The van der Waals surface area contributed by atoms with Gasteiger partial charge < -0.3 is 10.4 Å². The molecular weight excluding hydrogens is 506 g/mol. The molecule has 3 aromatic rings. The highest BCUT2D eigenvalue weighted by Crippen LogP contribution is 2.58. The molecule has 1 heterocycles. The van der Waals surface area contributed by atoms with Crippen molar-refractivity contribution >= 4 is 46.4 Å². The molecule has 1 aliphatic carbocycles. The van der Waals surface area contributed by atoms with Gasteiger partial charge in [-0.3, -0.25) is 20.2 Å². The average Bonchev–Trinajstić information content (AvgIpc) is 3.19. The van der Waals surface area contributed by atoms with Crippen molar-refractivity contribution < 1.29 is 19.7 Å². The lowest BCUT2D eigenvalue weighted by Gasteiger charge is -2.38. The van der Waals surface area contributed by atoms with Gasteiger partial charge in [-0.25, -0.2) is 4.79 Å². The molecule has 0 saturated heterocycles. The van der Waals surface area contributed by atoms with Crippen LogP contribution in [0.25, 0.3) is 0 Å². The fourth-order valence-corrected chi connectivity index (χ4v) is 7.29. The van der Waals surface area contributed by atoms with E-state index >= 15 is 0 Å². The molecule has 5 rings (SSSR count). The van der Waals surface area contributed by atoms with Crippen LogP contribution in [0, 0.1) is 26.1 Å². The van der Waals surface area contributed by atoms with Crippen LogP contribution in [-0.2, 0) is 0 Å². The second kappa shape index (κ2) is 9.44. The van der Waals surface area contributed by atoms with Crippen LogP contribution < -0.4 is 5.32 Å². The van der Waals surface area contributed by atoms with Gasteiger partial charge in [-0.15, -0.1) is 23.4 Å². The van der Waals surface area contributed by atoms with Gasteiger partial charge >= 0.3 is 5.97 Å². The lowest BCUT2D eigenvalue weighted by Crippen LogP contribution is -2.31. The second-order valence-electron chi connectivity index (χ2n) is 8.80. The molecule has 3 aromatic carbocycles. The number of rotatable bonds is 6. The number of halogens is 1. The number of thioether (sulfide) groups is 1. The van der Waals surface area contributed by atoms with Crippen LogP contribution in [-0.4, -0.2) is 31.5 Å². The summed E-state index contributed by atoms with van der Waals surface area (Å²) in [5, 5.41) is 35.6. The third-order valence-electron chi connectivity index (χ3n) is 6.87. The normalized spacial score (nSPS) is 24.3. The van der Waals surface area contributed by atoms with Crippen molar-refractivity contribution in [1.29, 1.82) is 0 Å². The van der Waals surface area contributed by atoms with E-state index in [4.69, 9.17) is 11.6 Å². The molecule has 0 amide bonds. The number of carboxylic acids is 1. The van der Waals surface area contributed by atoms with Crippen LogP contribution in [0.2, 0.25) is 0 Å². The minimum atomic E-state index is -1.06. The van der Waals surface area contributed by atoms with E-state index in [-0.39, 0.29) is 34.0 Å². The van der Waals surface area contributed by atoms with Crippen LogP contribution in [0.1, 0.15) is 39.9 Å². The second-order valence-corrected chi connectivity index (χ2v) is 10.6. The third-order valence-corrected chi connectivity index (χ3v) is 8.98. The number of hydrogen-bond acceptors (Lipinski definition) is 7. The molecule has 0 spiro atoms. The highest BCUT2D eigenvalue weighted by Gasteiger charge is 2.51. The first-order valence-corrected chi connectivity index (χ1v) is 12.5. The summed E-state index contributed by atoms with van der Waals surface area (Å²) in [7, 11) is 0. The number of nitro groups is 2. The molecule has 0 bridgehead atoms. The maximum atomic E-state index is 11.8. The van der Waals surface area contributed by atoms with Gasteiger partial charge in [0.2, 0.25) is 0 Å². The molecule has 11 heteroatoms. The Morgan fingerprint density at radius 3 is 2.33 bits per heavy atom. The van der Waals surface area contributed by atoms with Crippen molar-refractivity contribution in [1.82, 2.24) is 0 Å². The number of carboxylic acid groups (broad SMARTS) is 1. The monoisotopic (exact) mass is 525 g/mol. The molecule has 1 fully saturated rings. The standard InChI is InChI=1S/C25H20ClN3O6S/c26-23-21(36-20-8-4-3-7-19(20)29(34)35)12-16-22(23)15-11-13(25(30)31)9-10-17(15)27-24(16)14-5-1-2-6-18(14)28(32)33/h1-11,16,21-24,27H,12H2,(H,30,31)/t16-,21-,22+,23-,24-/m0/s1. The summed E-state index contributed by atoms with van der Waals surface area (Å²) < 4.78 is 0. The maximum absolute atomic E-state index is 11.8. The van der Waals surface area contributed by atoms with E-state index in [0.717, 1.165) is 5.56 Å². The Morgan fingerprint density at radius 2 is 1.64 bits per heavy atom. The molecule has 1 aliphatic heterocycles. The molecule has 1 saturated carbocycles. The number of alkyl halides is 1. The Bertz CT molecular complexity index is 1390. The molecule has 2 aliphatic rings. The first kappa shape index (κ1) is 24.1.